The van der Waals surface area contributed by atoms with E-state index in [0.717, 1.165) is 22.1 Å². The van der Waals surface area contributed by atoms with E-state index in [0.29, 0.717) is 6.42 Å². The molecule has 3 rings (SSSR count). The maximum atomic E-state index is 12.2. The fourth-order valence-electron chi connectivity index (χ4n) is 2.52. The SMILES string of the molecule is CC(NC(=O)Cc1cccc2ccccc12)c1ccco1. The zero-order chi connectivity index (χ0) is 14.7. The van der Waals surface area contributed by atoms with Crippen molar-refractivity contribution in [1.29, 1.82) is 0 Å². The third-order valence-electron chi connectivity index (χ3n) is 3.58. The van der Waals surface area contributed by atoms with Crippen LogP contribution in [0.2, 0.25) is 0 Å². The van der Waals surface area contributed by atoms with Gasteiger partial charge in [0.25, 0.3) is 0 Å². The molecular weight excluding hydrogens is 262 g/mol. The monoisotopic (exact) mass is 279 g/mol. The van der Waals surface area contributed by atoms with Crippen LogP contribution in [0, 0.1) is 0 Å². The largest absolute Gasteiger partial charge is 0.467 e. The van der Waals surface area contributed by atoms with Crippen LogP contribution in [0.5, 0.6) is 0 Å². The van der Waals surface area contributed by atoms with E-state index in [4.69, 9.17) is 4.42 Å². The summed E-state index contributed by atoms with van der Waals surface area (Å²) in [6.45, 7) is 1.92. The van der Waals surface area contributed by atoms with Gasteiger partial charge in [0.2, 0.25) is 5.91 Å². The molecule has 1 heterocycles. The first-order valence-corrected chi connectivity index (χ1v) is 7.03. The molecule has 3 aromatic rings. The minimum absolute atomic E-state index is 0.00440. The summed E-state index contributed by atoms with van der Waals surface area (Å²) in [4.78, 5) is 12.2. The van der Waals surface area contributed by atoms with Gasteiger partial charge in [0.15, 0.2) is 0 Å². The minimum Gasteiger partial charge on any atom is -0.467 e. The lowest BCUT2D eigenvalue weighted by atomic mass is 10.0. The number of nitrogens with one attached hydrogen (secondary N) is 1. The lowest BCUT2D eigenvalue weighted by molar-refractivity contribution is -0.121. The number of amides is 1. The predicted octanol–water partition coefficient (Wildman–Crippen LogP) is 3.85. The summed E-state index contributed by atoms with van der Waals surface area (Å²) in [5.41, 5.74) is 1.04. The van der Waals surface area contributed by atoms with E-state index in [1.165, 1.54) is 0 Å². The Morgan fingerprint density at radius 1 is 1.10 bits per heavy atom. The highest BCUT2D eigenvalue weighted by molar-refractivity contribution is 5.90. The molecule has 0 saturated carbocycles. The number of rotatable bonds is 4. The Labute approximate surface area is 123 Å². The van der Waals surface area contributed by atoms with Crippen molar-refractivity contribution in [3.63, 3.8) is 0 Å². The highest BCUT2D eigenvalue weighted by Gasteiger charge is 2.13. The normalized spacial score (nSPS) is 12.2. The van der Waals surface area contributed by atoms with Gasteiger partial charge >= 0.3 is 0 Å². The molecule has 3 nitrogen and oxygen atoms in total. The number of benzene rings is 2. The average molecular weight is 279 g/mol. The van der Waals surface area contributed by atoms with Crippen LogP contribution in [0.4, 0.5) is 0 Å². The Hall–Kier alpha value is -2.55. The number of carbonyl (C=O) groups excluding carboxylic acids is 1. The van der Waals surface area contributed by atoms with E-state index in [-0.39, 0.29) is 11.9 Å². The van der Waals surface area contributed by atoms with E-state index >= 15 is 0 Å². The van der Waals surface area contributed by atoms with Gasteiger partial charge < -0.3 is 9.73 Å². The van der Waals surface area contributed by atoms with E-state index < -0.39 is 0 Å². The molecule has 0 aliphatic carbocycles. The first kappa shape index (κ1) is 13.4. The van der Waals surface area contributed by atoms with Crippen molar-refractivity contribution in [1.82, 2.24) is 5.32 Å². The van der Waals surface area contributed by atoms with Crippen LogP contribution in [-0.4, -0.2) is 5.91 Å². The molecule has 21 heavy (non-hydrogen) atoms. The number of fused-ring (bicyclic) bond motifs is 1. The molecule has 1 N–H and O–H groups in total. The summed E-state index contributed by atoms with van der Waals surface area (Å²) < 4.78 is 5.30. The van der Waals surface area contributed by atoms with Crippen LogP contribution in [0.25, 0.3) is 10.8 Å². The lowest BCUT2D eigenvalue weighted by Gasteiger charge is -2.12. The standard InChI is InChI=1S/C18H17NO2/c1-13(17-10-5-11-21-17)19-18(20)12-15-8-4-7-14-6-2-3-9-16(14)15/h2-11,13H,12H2,1H3,(H,19,20). The molecule has 1 unspecified atom stereocenters. The number of furan rings is 1. The smallest absolute Gasteiger partial charge is 0.225 e. The molecule has 1 atom stereocenters. The lowest BCUT2D eigenvalue weighted by Crippen LogP contribution is -2.27. The summed E-state index contributed by atoms with van der Waals surface area (Å²) in [5, 5.41) is 5.24. The van der Waals surface area contributed by atoms with Gasteiger partial charge in [-0.25, -0.2) is 0 Å². The van der Waals surface area contributed by atoms with Gasteiger partial charge in [-0.1, -0.05) is 42.5 Å². The number of carbonyl (C=O) groups is 1. The van der Waals surface area contributed by atoms with Crippen LogP contribution in [0.3, 0.4) is 0 Å². The third-order valence-corrected chi connectivity index (χ3v) is 3.58. The Balaban J connectivity index is 1.75. The van der Waals surface area contributed by atoms with Gasteiger partial charge in [-0.3, -0.25) is 4.79 Å². The van der Waals surface area contributed by atoms with Gasteiger partial charge in [0, 0.05) is 0 Å². The highest BCUT2D eigenvalue weighted by Crippen LogP contribution is 2.19. The fourth-order valence-corrected chi connectivity index (χ4v) is 2.52. The summed E-state index contributed by atoms with van der Waals surface area (Å²) in [6, 6.07) is 17.7. The van der Waals surface area contributed by atoms with Crippen molar-refractivity contribution in [2.45, 2.75) is 19.4 Å². The third kappa shape index (κ3) is 2.97. The van der Waals surface area contributed by atoms with Crippen LogP contribution in [0.15, 0.2) is 65.3 Å². The first-order chi connectivity index (χ1) is 10.2. The zero-order valence-electron chi connectivity index (χ0n) is 11.9. The molecule has 1 aromatic heterocycles. The van der Waals surface area contributed by atoms with Gasteiger partial charge in [-0.15, -0.1) is 0 Å². The zero-order valence-corrected chi connectivity index (χ0v) is 11.9. The Bertz CT molecular complexity index is 742. The molecule has 3 heteroatoms. The molecule has 0 aliphatic heterocycles. The molecule has 0 bridgehead atoms. The minimum atomic E-state index is -0.123. The van der Waals surface area contributed by atoms with Crippen LogP contribution >= 0.6 is 0 Å². The Morgan fingerprint density at radius 3 is 2.71 bits per heavy atom. The number of hydrogen-bond acceptors (Lipinski definition) is 2. The molecule has 0 aliphatic rings. The Kier molecular flexibility index (Phi) is 3.73. The molecular formula is C18H17NO2. The fraction of sp³-hybridized carbons (Fsp3) is 0.167. The van der Waals surface area contributed by atoms with Gasteiger partial charge in [-0.05, 0) is 35.4 Å². The van der Waals surface area contributed by atoms with Gasteiger partial charge in [0.05, 0.1) is 18.7 Å². The Morgan fingerprint density at radius 2 is 1.90 bits per heavy atom. The van der Waals surface area contributed by atoms with Gasteiger partial charge in [-0.2, -0.15) is 0 Å². The summed E-state index contributed by atoms with van der Waals surface area (Å²) in [6.07, 6.45) is 1.98. The van der Waals surface area contributed by atoms with Crippen molar-refractivity contribution in [2.24, 2.45) is 0 Å². The van der Waals surface area contributed by atoms with E-state index in [2.05, 4.69) is 17.4 Å². The molecule has 0 radical (unpaired) electrons. The summed E-state index contributed by atoms with van der Waals surface area (Å²) in [5.74, 6) is 0.761. The topological polar surface area (TPSA) is 42.2 Å². The van der Waals surface area contributed by atoms with Crippen molar-refractivity contribution in [3.05, 3.63) is 72.2 Å². The number of hydrogen-bond donors (Lipinski definition) is 1. The molecule has 106 valence electrons. The first-order valence-electron chi connectivity index (χ1n) is 7.03. The molecule has 0 spiro atoms. The maximum Gasteiger partial charge on any atom is 0.225 e. The quantitative estimate of drug-likeness (QED) is 0.788. The average Bonchev–Trinajstić information content (AvgIpc) is 3.02. The van der Waals surface area contributed by atoms with E-state index in [1.807, 2.05) is 49.4 Å². The summed E-state index contributed by atoms with van der Waals surface area (Å²) >= 11 is 0. The molecule has 0 fully saturated rings. The summed E-state index contributed by atoms with van der Waals surface area (Å²) in [7, 11) is 0. The van der Waals surface area contributed by atoms with Crippen LogP contribution in [0.1, 0.15) is 24.3 Å². The highest BCUT2D eigenvalue weighted by atomic mass is 16.3. The van der Waals surface area contributed by atoms with E-state index in [9.17, 15) is 4.79 Å². The molecule has 2 aromatic carbocycles. The second-order valence-corrected chi connectivity index (χ2v) is 5.12. The van der Waals surface area contributed by atoms with Crippen molar-refractivity contribution in [2.75, 3.05) is 0 Å². The van der Waals surface area contributed by atoms with Gasteiger partial charge in [0.1, 0.15) is 5.76 Å². The predicted molar refractivity (Wildman–Crippen MR) is 82.9 cm³/mol. The van der Waals surface area contributed by atoms with Crippen molar-refractivity contribution in [3.8, 4) is 0 Å². The van der Waals surface area contributed by atoms with Crippen molar-refractivity contribution >= 4 is 16.7 Å². The van der Waals surface area contributed by atoms with Crippen LogP contribution in [-0.2, 0) is 11.2 Å². The maximum absolute atomic E-state index is 12.2. The molecule has 1 amide bonds. The second kappa shape index (κ2) is 5.83. The van der Waals surface area contributed by atoms with E-state index in [1.54, 1.807) is 6.26 Å². The second-order valence-electron chi connectivity index (χ2n) is 5.12. The van der Waals surface area contributed by atoms with Crippen molar-refractivity contribution < 1.29 is 9.21 Å². The molecule has 0 saturated heterocycles. The van der Waals surface area contributed by atoms with Crippen LogP contribution < -0.4 is 5.32 Å².